The predicted molar refractivity (Wildman–Crippen MR) is 104 cm³/mol. The molecule has 0 bridgehead atoms. The molecule has 4 heterocycles. The van der Waals surface area contributed by atoms with E-state index in [9.17, 15) is 18.0 Å². The quantitative estimate of drug-likeness (QED) is 0.715. The zero-order chi connectivity index (χ0) is 23.2. The third kappa shape index (κ3) is 5.87. The smallest absolute Gasteiger partial charge is 0.475 e. The Kier molecular flexibility index (Phi) is 7.18. The van der Waals surface area contributed by atoms with E-state index in [1.165, 1.54) is 6.20 Å². The minimum atomic E-state index is -5.08. The number of carboxylic acid groups (broad SMARTS) is 1. The molecule has 2 aliphatic heterocycles. The zero-order valence-corrected chi connectivity index (χ0v) is 16.9. The summed E-state index contributed by atoms with van der Waals surface area (Å²) in [6.07, 6.45) is 3.98. The number of carbonyl (C=O) groups excluding carboxylic acids is 1. The summed E-state index contributed by atoms with van der Waals surface area (Å²) >= 11 is 0. The molecule has 1 unspecified atom stereocenters. The first-order valence-electron chi connectivity index (χ1n) is 9.65. The van der Waals surface area contributed by atoms with E-state index in [0.29, 0.717) is 32.0 Å². The molecule has 0 radical (unpaired) electrons. The Balaban J connectivity index is 0.000000360. The molecule has 4 rings (SSSR count). The fraction of sp³-hybridized carbons (Fsp3) is 0.474. The number of ether oxygens (including phenoxy) is 1. The van der Waals surface area contributed by atoms with Crippen LogP contribution in [0.4, 0.5) is 19.1 Å². The number of alkyl halides is 3. The third-order valence-corrected chi connectivity index (χ3v) is 5.03. The Morgan fingerprint density at radius 1 is 1.06 bits per heavy atom. The molecule has 0 saturated carbocycles. The number of rotatable bonds is 2. The lowest BCUT2D eigenvalue weighted by atomic mass is 9.87. The van der Waals surface area contributed by atoms with Crippen LogP contribution in [0.15, 0.2) is 37.1 Å². The fourth-order valence-electron chi connectivity index (χ4n) is 3.55. The molecule has 2 aromatic heterocycles. The predicted octanol–water partition coefficient (Wildman–Crippen LogP) is 1.27. The Hall–Kier alpha value is -3.35. The van der Waals surface area contributed by atoms with Crippen molar-refractivity contribution >= 4 is 17.8 Å². The van der Waals surface area contributed by atoms with Gasteiger partial charge in [0, 0.05) is 56.4 Å². The number of carbonyl (C=O) groups is 2. The standard InChI is InChI=1S/C17H20N6O2.C2HF3O2/c24-15(14-10-18-5-6-19-14)22-8-9-25-13-17(11-22)2-7-23(12-17)16-20-3-1-4-21-16;3-2(4,5)1(6)7/h1,3-6,10H,2,7-9,11-13H2;(H,6,7). The average molecular weight is 454 g/mol. The van der Waals surface area contributed by atoms with Crippen LogP contribution in [0, 0.1) is 5.41 Å². The fourth-order valence-corrected chi connectivity index (χ4v) is 3.55. The van der Waals surface area contributed by atoms with E-state index in [1.807, 2.05) is 11.0 Å². The Morgan fingerprint density at radius 2 is 1.78 bits per heavy atom. The molecule has 2 aromatic rings. The van der Waals surface area contributed by atoms with E-state index in [0.717, 1.165) is 25.5 Å². The van der Waals surface area contributed by atoms with Crippen molar-refractivity contribution in [1.82, 2.24) is 24.8 Å². The van der Waals surface area contributed by atoms with Crippen molar-refractivity contribution in [3.63, 3.8) is 0 Å². The van der Waals surface area contributed by atoms with Crippen molar-refractivity contribution in [2.24, 2.45) is 5.41 Å². The lowest BCUT2D eigenvalue weighted by Crippen LogP contribution is -2.43. The van der Waals surface area contributed by atoms with Crippen LogP contribution in [0.1, 0.15) is 16.9 Å². The first-order valence-corrected chi connectivity index (χ1v) is 9.65. The van der Waals surface area contributed by atoms with Gasteiger partial charge >= 0.3 is 12.1 Å². The molecule has 1 spiro atoms. The molecular formula is C19H21F3N6O4. The van der Waals surface area contributed by atoms with Crippen molar-refractivity contribution < 1.29 is 32.6 Å². The average Bonchev–Trinajstić information content (AvgIpc) is 3.08. The highest BCUT2D eigenvalue weighted by atomic mass is 19.4. The van der Waals surface area contributed by atoms with E-state index in [1.54, 1.807) is 24.8 Å². The number of anilines is 1. The topological polar surface area (TPSA) is 122 Å². The lowest BCUT2D eigenvalue weighted by molar-refractivity contribution is -0.192. The molecule has 0 aromatic carbocycles. The van der Waals surface area contributed by atoms with Gasteiger partial charge in [0.05, 0.1) is 19.4 Å². The monoisotopic (exact) mass is 454 g/mol. The number of halogens is 3. The van der Waals surface area contributed by atoms with Gasteiger partial charge in [-0.3, -0.25) is 9.78 Å². The van der Waals surface area contributed by atoms with E-state index in [-0.39, 0.29) is 11.3 Å². The van der Waals surface area contributed by atoms with Crippen LogP contribution in [0.3, 0.4) is 0 Å². The van der Waals surface area contributed by atoms with Gasteiger partial charge < -0.3 is 19.6 Å². The molecule has 10 nitrogen and oxygen atoms in total. The van der Waals surface area contributed by atoms with Gasteiger partial charge in [0.15, 0.2) is 0 Å². The van der Waals surface area contributed by atoms with Crippen molar-refractivity contribution in [1.29, 1.82) is 0 Å². The molecule has 32 heavy (non-hydrogen) atoms. The van der Waals surface area contributed by atoms with E-state index in [4.69, 9.17) is 14.6 Å². The summed E-state index contributed by atoms with van der Waals surface area (Å²) in [5, 5.41) is 7.12. The largest absolute Gasteiger partial charge is 0.490 e. The molecule has 172 valence electrons. The van der Waals surface area contributed by atoms with Gasteiger partial charge in [-0.15, -0.1) is 0 Å². The number of nitrogens with zero attached hydrogens (tertiary/aromatic N) is 6. The van der Waals surface area contributed by atoms with Crippen LogP contribution in [-0.4, -0.2) is 87.4 Å². The molecule has 2 aliphatic rings. The number of carboxylic acids is 1. The summed E-state index contributed by atoms with van der Waals surface area (Å²) in [5.74, 6) is -2.12. The van der Waals surface area contributed by atoms with Gasteiger partial charge in [-0.05, 0) is 12.5 Å². The van der Waals surface area contributed by atoms with Crippen molar-refractivity contribution in [3.05, 3.63) is 42.7 Å². The maximum Gasteiger partial charge on any atom is 0.490 e. The number of aliphatic carboxylic acids is 1. The lowest BCUT2D eigenvalue weighted by Gasteiger charge is -2.31. The summed E-state index contributed by atoms with van der Waals surface area (Å²) < 4.78 is 37.6. The normalized spacial score (nSPS) is 21.0. The maximum atomic E-state index is 12.8. The first-order chi connectivity index (χ1) is 15.2. The molecule has 1 amide bonds. The van der Waals surface area contributed by atoms with Gasteiger partial charge in [-0.2, -0.15) is 13.2 Å². The highest BCUT2D eigenvalue weighted by molar-refractivity contribution is 5.92. The molecule has 0 aliphatic carbocycles. The first kappa shape index (κ1) is 23.3. The maximum absolute atomic E-state index is 12.8. The summed E-state index contributed by atoms with van der Waals surface area (Å²) in [5.41, 5.74) is 0.272. The van der Waals surface area contributed by atoms with Gasteiger partial charge in [-0.25, -0.2) is 19.7 Å². The molecule has 13 heteroatoms. The van der Waals surface area contributed by atoms with Crippen LogP contribution < -0.4 is 4.90 Å². The highest BCUT2D eigenvalue weighted by Gasteiger charge is 2.43. The third-order valence-electron chi connectivity index (χ3n) is 5.03. The SMILES string of the molecule is O=C(O)C(F)(F)F.O=C(c1cnccn1)N1CCOCC2(CCN(c3ncccn3)C2)C1. The van der Waals surface area contributed by atoms with Gasteiger partial charge in [-0.1, -0.05) is 0 Å². The highest BCUT2D eigenvalue weighted by Crippen LogP contribution is 2.35. The summed E-state index contributed by atoms with van der Waals surface area (Å²) in [6.45, 7) is 4.03. The molecule has 2 saturated heterocycles. The second kappa shape index (κ2) is 9.85. The van der Waals surface area contributed by atoms with Crippen molar-refractivity contribution in [2.75, 3.05) is 44.3 Å². The molecule has 1 N–H and O–H groups in total. The Labute approximate surface area is 181 Å². The van der Waals surface area contributed by atoms with E-state index >= 15 is 0 Å². The second-order valence-corrected chi connectivity index (χ2v) is 7.39. The van der Waals surface area contributed by atoms with Crippen LogP contribution >= 0.6 is 0 Å². The number of aromatic nitrogens is 4. The van der Waals surface area contributed by atoms with Crippen LogP contribution in [0.5, 0.6) is 0 Å². The van der Waals surface area contributed by atoms with Crippen molar-refractivity contribution in [2.45, 2.75) is 12.6 Å². The van der Waals surface area contributed by atoms with E-state index in [2.05, 4.69) is 24.8 Å². The number of hydrogen-bond acceptors (Lipinski definition) is 8. The molecule has 2 fully saturated rings. The summed E-state index contributed by atoms with van der Waals surface area (Å²) in [7, 11) is 0. The minimum Gasteiger partial charge on any atom is -0.475 e. The number of hydrogen-bond donors (Lipinski definition) is 1. The van der Waals surface area contributed by atoms with Gasteiger partial charge in [0.1, 0.15) is 5.69 Å². The van der Waals surface area contributed by atoms with Crippen LogP contribution in [-0.2, 0) is 9.53 Å². The summed E-state index contributed by atoms with van der Waals surface area (Å²) in [4.78, 5) is 42.5. The Morgan fingerprint density at radius 3 is 2.41 bits per heavy atom. The molecule has 1 atom stereocenters. The minimum absolute atomic E-state index is 0.0904. The van der Waals surface area contributed by atoms with E-state index < -0.39 is 12.1 Å². The second-order valence-electron chi connectivity index (χ2n) is 7.39. The van der Waals surface area contributed by atoms with Crippen LogP contribution in [0.25, 0.3) is 0 Å². The Bertz CT molecular complexity index is 918. The molecular weight excluding hydrogens is 433 g/mol. The summed E-state index contributed by atoms with van der Waals surface area (Å²) in [6, 6.07) is 1.81. The zero-order valence-electron chi connectivity index (χ0n) is 16.9. The van der Waals surface area contributed by atoms with Crippen molar-refractivity contribution in [3.8, 4) is 0 Å². The van der Waals surface area contributed by atoms with Crippen LogP contribution in [0.2, 0.25) is 0 Å². The van der Waals surface area contributed by atoms with Gasteiger partial charge in [0.25, 0.3) is 5.91 Å². The number of amides is 1. The van der Waals surface area contributed by atoms with Gasteiger partial charge in [0.2, 0.25) is 5.95 Å².